The summed E-state index contributed by atoms with van der Waals surface area (Å²) >= 11 is 0. The van der Waals surface area contributed by atoms with E-state index in [0.29, 0.717) is 11.8 Å². The van der Waals surface area contributed by atoms with Crippen LogP contribution in [0.4, 0.5) is 4.39 Å². The lowest BCUT2D eigenvalue weighted by Gasteiger charge is -2.08. The lowest BCUT2D eigenvalue weighted by atomic mass is 9.98. The smallest absolute Gasteiger partial charge is 0.134 e. The van der Waals surface area contributed by atoms with Crippen LogP contribution in [0.15, 0.2) is 91.0 Å². The summed E-state index contributed by atoms with van der Waals surface area (Å²) < 4.78 is 15.3. The van der Waals surface area contributed by atoms with Gasteiger partial charge in [-0.2, -0.15) is 0 Å². The van der Waals surface area contributed by atoms with Crippen molar-refractivity contribution in [2.45, 2.75) is 58.8 Å². The summed E-state index contributed by atoms with van der Waals surface area (Å²) in [5, 5.41) is 1.56. The Kier molecular flexibility index (Phi) is 9.12. The largest absolute Gasteiger partial charge is 0.206 e. The van der Waals surface area contributed by atoms with E-state index in [-0.39, 0.29) is 5.82 Å². The first kappa shape index (κ1) is 25.5. The molecule has 0 saturated carbocycles. The van der Waals surface area contributed by atoms with E-state index in [1.54, 1.807) is 0 Å². The third-order valence-corrected chi connectivity index (χ3v) is 6.70. The van der Waals surface area contributed by atoms with Crippen LogP contribution in [-0.4, -0.2) is 0 Å². The Morgan fingerprint density at radius 1 is 0.694 bits per heavy atom. The second kappa shape index (κ2) is 12.9. The maximum atomic E-state index is 15.3. The zero-order valence-corrected chi connectivity index (χ0v) is 21.5. The zero-order chi connectivity index (χ0) is 25.2. The fourth-order valence-electron chi connectivity index (χ4n) is 4.46. The van der Waals surface area contributed by atoms with Crippen molar-refractivity contribution >= 4 is 10.8 Å². The number of hydrogen-bond acceptors (Lipinski definition) is 0. The van der Waals surface area contributed by atoms with E-state index in [2.05, 4.69) is 86.4 Å². The molecular weight excluding hydrogens is 439 g/mol. The van der Waals surface area contributed by atoms with Gasteiger partial charge >= 0.3 is 0 Å². The van der Waals surface area contributed by atoms with Gasteiger partial charge in [0.05, 0.1) is 0 Å². The number of benzene rings is 4. The van der Waals surface area contributed by atoms with Crippen molar-refractivity contribution in [3.05, 3.63) is 130 Å². The Morgan fingerprint density at radius 3 is 2.06 bits per heavy atom. The minimum atomic E-state index is -0.113. The van der Waals surface area contributed by atoms with Crippen LogP contribution in [0.1, 0.15) is 66.5 Å². The minimum Gasteiger partial charge on any atom is -0.206 e. The summed E-state index contributed by atoms with van der Waals surface area (Å²) in [7, 11) is 0. The molecule has 4 rings (SSSR count). The van der Waals surface area contributed by atoms with E-state index in [1.165, 1.54) is 29.5 Å². The molecule has 0 radical (unpaired) electrons. The summed E-state index contributed by atoms with van der Waals surface area (Å²) in [6, 6.07) is 26.9. The molecule has 0 atom stereocenters. The van der Waals surface area contributed by atoms with Crippen LogP contribution in [-0.2, 0) is 25.7 Å². The van der Waals surface area contributed by atoms with E-state index in [4.69, 9.17) is 0 Å². The van der Waals surface area contributed by atoms with Crippen LogP contribution in [0.2, 0.25) is 0 Å². The number of unbranched alkanes of at least 4 members (excludes halogenated alkanes) is 1. The van der Waals surface area contributed by atoms with Crippen molar-refractivity contribution in [3.8, 4) is 11.8 Å². The van der Waals surface area contributed by atoms with Gasteiger partial charge in [-0.3, -0.25) is 0 Å². The molecule has 0 spiro atoms. The van der Waals surface area contributed by atoms with Crippen molar-refractivity contribution in [2.24, 2.45) is 0 Å². The zero-order valence-electron chi connectivity index (χ0n) is 21.5. The van der Waals surface area contributed by atoms with Crippen molar-refractivity contribution in [1.82, 2.24) is 0 Å². The van der Waals surface area contributed by atoms with Gasteiger partial charge in [0.15, 0.2) is 0 Å². The quantitative estimate of drug-likeness (QED) is 0.168. The lowest BCUT2D eigenvalue weighted by molar-refractivity contribution is 0.620. The first-order chi connectivity index (χ1) is 17.7. The number of hydrogen-bond donors (Lipinski definition) is 0. The molecule has 0 bridgehead atoms. The van der Waals surface area contributed by atoms with Gasteiger partial charge in [-0.25, -0.2) is 4.39 Å². The van der Waals surface area contributed by atoms with Gasteiger partial charge in [-0.05, 0) is 97.4 Å². The molecule has 4 aromatic rings. The SMILES string of the molecule is C/C=C/CCc1ccc(CCc2ccc3cc(C#Cc4ccc(CCCC)cc4)ccc3c2F)cc1. The molecule has 0 aliphatic heterocycles. The summed E-state index contributed by atoms with van der Waals surface area (Å²) in [5.74, 6) is 6.37. The third-order valence-electron chi connectivity index (χ3n) is 6.70. The van der Waals surface area contributed by atoms with E-state index in [9.17, 15) is 0 Å². The summed E-state index contributed by atoms with van der Waals surface area (Å²) in [6.45, 7) is 4.26. The van der Waals surface area contributed by atoms with Gasteiger partial charge in [-0.1, -0.05) is 91.9 Å². The Labute approximate surface area is 215 Å². The summed E-state index contributed by atoms with van der Waals surface area (Å²) in [6.07, 6.45) is 11.5. The molecule has 0 heterocycles. The standard InChI is InChI=1S/C35H35F/c1-3-5-7-9-28-12-16-30(17-13-28)20-22-32-23-24-33-26-31(21-25-34(33)35(32)36)19-18-29-14-10-27(11-15-29)8-6-4-2/h3,5,10-17,21,23-26H,4,6-9,20,22H2,1-2H3/b5-3+. The van der Waals surface area contributed by atoms with Gasteiger partial charge < -0.3 is 0 Å². The third kappa shape index (κ3) is 6.96. The van der Waals surface area contributed by atoms with E-state index in [1.807, 2.05) is 30.3 Å². The predicted molar refractivity (Wildman–Crippen MR) is 152 cm³/mol. The van der Waals surface area contributed by atoms with E-state index in [0.717, 1.165) is 47.8 Å². The van der Waals surface area contributed by atoms with Gasteiger partial charge in [0, 0.05) is 16.5 Å². The molecule has 0 N–H and O–H groups in total. The highest BCUT2D eigenvalue weighted by Gasteiger charge is 2.08. The number of aryl methyl sites for hydroxylation is 4. The maximum absolute atomic E-state index is 15.3. The molecule has 182 valence electrons. The molecule has 0 amide bonds. The van der Waals surface area contributed by atoms with Gasteiger partial charge in [-0.15, -0.1) is 0 Å². The van der Waals surface area contributed by atoms with Crippen molar-refractivity contribution in [3.63, 3.8) is 0 Å². The number of rotatable bonds is 9. The van der Waals surface area contributed by atoms with E-state index < -0.39 is 0 Å². The molecule has 0 aromatic heterocycles. The fraction of sp³-hybridized carbons (Fsp3) is 0.257. The molecule has 0 fully saturated rings. The first-order valence-corrected chi connectivity index (χ1v) is 13.2. The van der Waals surface area contributed by atoms with Gasteiger partial charge in [0.2, 0.25) is 0 Å². The Balaban J connectivity index is 1.41. The second-order valence-corrected chi connectivity index (χ2v) is 9.45. The first-order valence-electron chi connectivity index (χ1n) is 13.2. The highest BCUT2D eigenvalue weighted by molar-refractivity contribution is 5.85. The average Bonchev–Trinajstić information content (AvgIpc) is 2.92. The molecule has 0 aliphatic carbocycles. The number of fused-ring (bicyclic) bond motifs is 1. The topological polar surface area (TPSA) is 0 Å². The average molecular weight is 475 g/mol. The summed E-state index contributed by atoms with van der Waals surface area (Å²) in [4.78, 5) is 0. The highest BCUT2D eigenvalue weighted by Crippen LogP contribution is 2.24. The predicted octanol–water partition coefficient (Wildman–Crippen LogP) is 9.02. The Bertz CT molecular complexity index is 1360. The molecule has 0 unspecified atom stereocenters. The van der Waals surface area contributed by atoms with Crippen LogP contribution < -0.4 is 0 Å². The molecule has 4 aromatic carbocycles. The second-order valence-electron chi connectivity index (χ2n) is 9.45. The van der Waals surface area contributed by atoms with Crippen molar-refractivity contribution < 1.29 is 4.39 Å². The van der Waals surface area contributed by atoms with Gasteiger partial charge in [0.1, 0.15) is 5.82 Å². The number of allylic oxidation sites excluding steroid dienone is 2. The van der Waals surface area contributed by atoms with Crippen LogP contribution in [0, 0.1) is 17.7 Å². The monoisotopic (exact) mass is 474 g/mol. The molecule has 1 heteroatoms. The normalized spacial score (nSPS) is 11.1. The molecule has 0 aliphatic rings. The highest BCUT2D eigenvalue weighted by atomic mass is 19.1. The molecule has 36 heavy (non-hydrogen) atoms. The minimum absolute atomic E-state index is 0.113. The lowest BCUT2D eigenvalue weighted by Crippen LogP contribution is -1.96. The number of halogens is 1. The van der Waals surface area contributed by atoms with E-state index >= 15 is 4.39 Å². The Morgan fingerprint density at radius 2 is 1.33 bits per heavy atom. The molecule has 0 saturated heterocycles. The molecular formula is C35H35F. The van der Waals surface area contributed by atoms with Crippen LogP contribution in [0.5, 0.6) is 0 Å². The van der Waals surface area contributed by atoms with Crippen molar-refractivity contribution in [2.75, 3.05) is 0 Å². The van der Waals surface area contributed by atoms with Gasteiger partial charge in [0.25, 0.3) is 0 Å². The Hall–Kier alpha value is -3.63. The van der Waals surface area contributed by atoms with Crippen LogP contribution in [0.3, 0.4) is 0 Å². The summed E-state index contributed by atoms with van der Waals surface area (Å²) in [5.41, 5.74) is 6.62. The van der Waals surface area contributed by atoms with Crippen molar-refractivity contribution in [1.29, 1.82) is 0 Å². The van der Waals surface area contributed by atoms with Crippen LogP contribution in [0.25, 0.3) is 10.8 Å². The maximum Gasteiger partial charge on any atom is 0.134 e. The fourth-order valence-corrected chi connectivity index (χ4v) is 4.46. The van der Waals surface area contributed by atoms with Crippen LogP contribution >= 0.6 is 0 Å². The molecule has 0 nitrogen and oxygen atoms in total.